The molecular formula is C22H27N3O4. The predicted molar refractivity (Wildman–Crippen MR) is 108 cm³/mol. The first-order valence-electron chi connectivity index (χ1n) is 10.3. The van der Waals surface area contributed by atoms with Gasteiger partial charge in [0.15, 0.2) is 0 Å². The molecule has 0 atom stereocenters. The molecule has 3 heterocycles. The van der Waals surface area contributed by atoms with Crippen LogP contribution >= 0.6 is 0 Å². The predicted octanol–water partition coefficient (Wildman–Crippen LogP) is 2.49. The molecule has 1 saturated heterocycles. The second-order valence-corrected chi connectivity index (χ2v) is 7.85. The maximum Gasteiger partial charge on any atom is 0.309 e. The normalized spacial score (nSPS) is 17.3. The second kappa shape index (κ2) is 7.89. The fraction of sp³-hybridized carbons (Fsp3) is 0.500. The maximum absolute atomic E-state index is 13.0. The number of hydrogen-bond donors (Lipinski definition) is 1. The van der Waals surface area contributed by atoms with E-state index in [2.05, 4.69) is 4.98 Å². The Morgan fingerprint density at radius 3 is 2.59 bits per heavy atom. The SMILES string of the molecule is CCOC(=O)C1CCN(C(=O)c2ccc3[nH]c4c(c3c2)CN(C(C)=O)CC4)CC1. The Bertz CT molecular complexity index is 956. The van der Waals surface area contributed by atoms with Gasteiger partial charge in [-0.25, -0.2) is 0 Å². The van der Waals surface area contributed by atoms with Gasteiger partial charge >= 0.3 is 5.97 Å². The van der Waals surface area contributed by atoms with Crippen LogP contribution in [0.3, 0.4) is 0 Å². The van der Waals surface area contributed by atoms with Crippen LogP contribution in [0, 0.1) is 5.92 Å². The Balaban J connectivity index is 1.51. The van der Waals surface area contributed by atoms with Gasteiger partial charge in [-0.3, -0.25) is 14.4 Å². The lowest BCUT2D eigenvalue weighted by Crippen LogP contribution is -2.40. The maximum atomic E-state index is 13.0. The van der Waals surface area contributed by atoms with Crippen LogP contribution in [0.5, 0.6) is 0 Å². The zero-order valence-electron chi connectivity index (χ0n) is 17.0. The third-order valence-corrected chi connectivity index (χ3v) is 6.07. The van der Waals surface area contributed by atoms with E-state index in [-0.39, 0.29) is 23.7 Å². The van der Waals surface area contributed by atoms with Crippen molar-refractivity contribution in [1.29, 1.82) is 0 Å². The number of aromatic nitrogens is 1. The summed E-state index contributed by atoms with van der Waals surface area (Å²) < 4.78 is 5.11. The quantitative estimate of drug-likeness (QED) is 0.807. The summed E-state index contributed by atoms with van der Waals surface area (Å²) in [5, 5.41) is 1.01. The number of H-pyrrole nitrogens is 1. The highest BCUT2D eigenvalue weighted by atomic mass is 16.5. The van der Waals surface area contributed by atoms with Gasteiger partial charge in [0.2, 0.25) is 5.91 Å². The molecule has 4 rings (SSSR count). The molecule has 7 heteroatoms. The van der Waals surface area contributed by atoms with Gasteiger partial charge in [0.25, 0.3) is 5.91 Å². The summed E-state index contributed by atoms with van der Waals surface area (Å²) in [4.78, 5) is 43.8. The van der Waals surface area contributed by atoms with Crippen molar-refractivity contribution >= 4 is 28.7 Å². The Hall–Kier alpha value is -2.83. The fourth-order valence-electron chi connectivity index (χ4n) is 4.38. The minimum atomic E-state index is -0.157. The lowest BCUT2D eigenvalue weighted by atomic mass is 9.96. The van der Waals surface area contributed by atoms with Crippen molar-refractivity contribution in [1.82, 2.24) is 14.8 Å². The monoisotopic (exact) mass is 397 g/mol. The smallest absolute Gasteiger partial charge is 0.309 e. The standard InChI is InChI=1S/C22H27N3O4/c1-3-29-22(28)15-6-9-24(10-7-15)21(27)16-4-5-19-17(12-16)18-13-25(14(2)26)11-8-20(18)23-19/h4-5,12,15,23H,3,6-11,13H2,1-2H3. The number of piperidine rings is 1. The van der Waals surface area contributed by atoms with Crippen molar-refractivity contribution in [2.45, 2.75) is 39.7 Å². The number of nitrogens with one attached hydrogen (secondary N) is 1. The van der Waals surface area contributed by atoms with Gasteiger partial charge in [0.05, 0.1) is 12.5 Å². The molecule has 2 aromatic rings. The van der Waals surface area contributed by atoms with Crippen molar-refractivity contribution in [3.05, 3.63) is 35.0 Å². The largest absolute Gasteiger partial charge is 0.466 e. The van der Waals surface area contributed by atoms with E-state index >= 15 is 0 Å². The van der Waals surface area contributed by atoms with Crippen molar-refractivity contribution in [3.8, 4) is 0 Å². The van der Waals surface area contributed by atoms with Gasteiger partial charge in [-0.15, -0.1) is 0 Å². The Morgan fingerprint density at radius 1 is 1.14 bits per heavy atom. The summed E-state index contributed by atoms with van der Waals surface area (Å²) in [6.45, 7) is 6.20. The number of fused-ring (bicyclic) bond motifs is 3. The van der Waals surface area contributed by atoms with E-state index in [1.165, 1.54) is 0 Å². The topological polar surface area (TPSA) is 82.7 Å². The molecule has 2 aliphatic heterocycles. The van der Waals surface area contributed by atoms with Gasteiger partial charge in [-0.1, -0.05) is 0 Å². The number of likely N-dealkylation sites (tertiary alicyclic amines) is 1. The van der Waals surface area contributed by atoms with E-state index in [1.807, 2.05) is 34.9 Å². The average molecular weight is 397 g/mol. The minimum Gasteiger partial charge on any atom is -0.466 e. The van der Waals surface area contributed by atoms with Gasteiger partial charge in [-0.2, -0.15) is 0 Å². The van der Waals surface area contributed by atoms with E-state index in [0.717, 1.165) is 35.1 Å². The zero-order chi connectivity index (χ0) is 20.5. The highest BCUT2D eigenvalue weighted by Crippen LogP contribution is 2.29. The molecule has 2 amide bonds. The molecule has 1 fully saturated rings. The van der Waals surface area contributed by atoms with Crippen molar-refractivity contribution in [2.75, 3.05) is 26.2 Å². The first-order valence-corrected chi connectivity index (χ1v) is 10.3. The van der Waals surface area contributed by atoms with E-state index in [9.17, 15) is 14.4 Å². The van der Waals surface area contributed by atoms with E-state index in [1.54, 1.807) is 6.92 Å². The number of carbonyl (C=O) groups excluding carboxylic acids is 3. The molecule has 1 N–H and O–H groups in total. The number of aromatic amines is 1. The van der Waals surface area contributed by atoms with Gasteiger partial charge < -0.3 is 19.5 Å². The zero-order valence-corrected chi connectivity index (χ0v) is 17.0. The highest BCUT2D eigenvalue weighted by molar-refractivity contribution is 5.99. The lowest BCUT2D eigenvalue weighted by molar-refractivity contribution is -0.149. The number of rotatable bonds is 3. The third kappa shape index (κ3) is 3.73. The average Bonchev–Trinajstić information content (AvgIpc) is 3.10. The second-order valence-electron chi connectivity index (χ2n) is 7.85. The van der Waals surface area contributed by atoms with Crippen LogP contribution in [0.25, 0.3) is 10.9 Å². The van der Waals surface area contributed by atoms with Gasteiger partial charge in [0.1, 0.15) is 0 Å². The molecule has 2 aliphatic rings. The van der Waals surface area contributed by atoms with Crippen molar-refractivity contribution in [2.24, 2.45) is 5.92 Å². The molecule has 154 valence electrons. The van der Waals surface area contributed by atoms with Crippen LogP contribution in [-0.4, -0.2) is 58.8 Å². The molecule has 0 radical (unpaired) electrons. The number of amides is 2. The fourth-order valence-corrected chi connectivity index (χ4v) is 4.38. The van der Waals surface area contributed by atoms with Crippen LogP contribution in [0.2, 0.25) is 0 Å². The Labute approximate surface area is 170 Å². The van der Waals surface area contributed by atoms with Crippen molar-refractivity contribution < 1.29 is 19.1 Å². The molecule has 0 saturated carbocycles. The van der Waals surface area contributed by atoms with E-state index < -0.39 is 0 Å². The molecule has 0 unspecified atom stereocenters. The number of ether oxygens (including phenoxy) is 1. The molecule has 1 aromatic carbocycles. The lowest BCUT2D eigenvalue weighted by Gasteiger charge is -2.31. The van der Waals surface area contributed by atoms with Crippen LogP contribution in [0.4, 0.5) is 0 Å². The number of esters is 1. The van der Waals surface area contributed by atoms with Crippen LogP contribution in [0.1, 0.15) is 48.3 Å². The van der Waals surface area contributed by atoms with Crippen molar-refractivity contribution in [3.63, 3.8) is 0 Å². The van der Waals surface area contributed by atoms with E-state index in [4.69, 9.17) is 4.74 Å². The molecule has 0 spiro atoms. The number of carbonyl (C=O) groups is 3. The van der Waals surface area contributed by atoms with Gasteiger partial charge in [-0.05, 0) is 38.0 Å². The summed E-state index contributed by atoms with van der Waals surface area (Å²) in [5.41, 5.74) is 3.90. The van der Waals surface area contributed by atoms with Gasteiger partial charge in [0, 0.05) is 67.2 Å². The highest BCUT2D eigenvalue weighted by Gasteiger charge is 2.29. The first-order chi connectivity index (χ1) is 14.0. The van der Waals surface area contributed by atoms with E-state index in [0.29, 0.717) is 44.6 Å². The molecule has 7 nitrogen and oxygen atoms in total. The Kier molecular flexibility index (Phi) is 5.30. The molecule has 29 heavy (non-hydrogen) atoms. The summed E-state index contributed by atoms with van der Waals surface area (Å²) in [6.07, 6.45) is 2.08. The molecular weight excluding hydrogens is 370 g/mol. The minimum absolute atomic E-state index is 0.0107. The summed E-state index contributed by atoms with van der Waals surface area (Å²) in [6, 6.07) is 5.74. The molecule has 0 bridgehead atoms. The van der Waals surface area contributed by atoms with Crippen LogP contribution in [0.15, 0.2) is 18.2 Å². The molecule has 0 aliphatic carbocycles. The van der Waals surface area contributed by atoms with Crippen LogP contribution in [-0.2, 0) is 27.3 Å². The van der Waals surface area contributed by atoms with Crippen LogP contribution < -0.4 is 0 Å². The Morgan fingerprint density at radius 2 is 1.90 bits per heavy atom. The number of hydrogen-bond acceptors (Lipinski definition) is 4. The summed E-state index contributed by atoms with van der Waals surface area (Å²) in [5.74, 6) is -0.212. The first kappa shape index (κ1) is 19.5. The number of benzene rings is 1. The molecule has 1 aromatic heterocycles. The summed E-state index contributed by atoms with van der Waals surface area (Å²) >= 11 is 0. The summed E-state index contributed by atoms with van der Waals surface area (Å²) in [7, 11) is 0. The number of nitrogens with zero attached hydrogens (tertiary/aromatic N) is 2. The third-order valence-electron chi connectivity index (χ3n) is 6.07.